The molecule has 0 fully saturated rings. The first-order valence-electron chi connectivity index (χ1n) is 11.8. The lowest BCUT2D eigenvalue weighted by molar-refractivity contribution is -0.136. The first-order valence-corrected chi connectivity index (χ1v) is 12.9. The molecule has 3 aromatic rings. The normalized spacial score (nSPS) is 16.2. The zero-order valence-corrected chi connectivity index (χ0v) is 23.1. The summed E-state index contributed by atoms with van der Waals surface area (Å²) in [5.74, 6) is -0.0837. The molecule has 0 unspecified atom stereocenters. The van der Waals surface area contributed by atoms with E-state index in [-0.39, 0.29) is 5.78 Å². The number of ether oxygens (including phenoxy) is 3. The van der Waals surface area contributed by atoms with Gasteiger partial charge >= 0.3 is 5.97 Å². The van der Waals surface area contributed by atoms with Gasteiger partial charge in [0.05, 0.1) is 29.1 Å². The molecule has 0 radical (unpaired) electrons. The minimum absolute atomic E-state index is 0.106. The molecule has 0 amide bonds. The molecule has 1 aliphatic carbocycles. The van der Waals surface area contributed by atoms with E-state index in [0.717, 1.165) is 31.5 Å². The average molecular weight is 607 g/mol. The summed E-state index contributed by atoms with van der Waals surface area (Å²) in [6, 6.07) is 19.4. The smallest absolute Gasteiger partial charge is 0.336 e. The molecule has 7 heteroatoms. The van der Waals surface area contributed by atoms with Crippen molar-refractivity contribution in [2.45, 2.75) is 26.4 Å². The highest BCUT2D eigenvalue weighted by Gasteiger charge is 2.43. The SMILES string of the molecule is COC(=O)C1=C(C)NC2=C(C(=O)c3ccccc32)[C@H]1c1cc(I)c(OCc2cccc(C)c2)c(OC)c1. The number of esters is 1. The van der Waals surface area contributed by atoms with Crippen LogP contribution in [0.25, 0.3) is 5.70 Å². The molecular formula is C30H26INO5. The lowest BCUT2D eigenvalue weighted by Gasteiger charge is -2.29. The Morgan fingerprint density at radius 1 is 1.00 bits per heavy atom. The van der Waals surface area contributed by atoms with Crippen molar-refractivity contribution < 1.29 is 23.8 Å². The molecule has 37 heavy (non-hydrogen) atoms. The van der Waals surface area contributed by atoms with Crippen molar-refractivity contribution in [2.24, 2.45) is 0 Å². The molecule has 5 rings (SSSR count). The number of hydrogen-bond acceptors (Lipinski definition) is 6. The van der Waals surface area contributed by atoms with Crippen LogP contribution in [0.5, 0.6) is 11.5 Å². The largest absolute Gasteiger partial charge is 0.493 e. The lowest BCUT2D eigenvalue weighted by Crippen LogP contribution is -2.29. The number of ketones is 1. The van der Waals surface area contributed by atoms with Crippen LogP contribution in [0.15, 0.2) is 77.5 Å². The second kappa shape index (κ2) is 10.0. The van der Waals surface area contributed by atoms with Crippen LogP contribution in [0.4, 0.5) is 0 Å². The zero-order chi connectivity index (χ0) is 26.3. The van der Waals surface area contributed by atoms with Crippen molar-refractivity contribution in [3.05, 3.63) is 109 Å². The van der Waals surface area contributed by atoms with Crippen LogP contribution in [-0.4, -0.2) is 26.0 Å². The third-order valence-electron chi connectivity index (χ3n) is 6.70. The van der Waals surface area contributed by atoms with E-state index in [1.54, 1.807) is 7.11 Å². The van der Waals surface area contributed by atoms with Crippen LogP contribution in [0.2, 0.25) is 0 Å². The number of nitrogens with one attached hydrogen (secondary N) is 1. The summed E-state index contributed by atoms with van der Waals surface area (Å²) in [5.41, 5.74) is 6.70. The number of hydrogen-bond donors (Lipinski definition) is 1. The van der Waals surface area contributed by atoms with Crippen molar-refractivity contribution >= 4 is 40.0 Å². The van der Waals surface area contributed by atoms with Crippen LogP contribution in [0, 0.1) is 10.5 Å². The van der Waals surface area contributed by atoms with Gasteiger partial charge in [-0.15, -0.1) is 0 Å². The average Bonchev–Trinajstić information content (AvgIpc) is 3.17. The Morgan fingerprint density at radius 2 is 1.76 bits per heavy atom. The van der Waals surface area contributed by atoms with Crippen LogP contribution in [0.3, 0.4) is 0 Å². The van der Waals surface area contributed by atoms with E-state index in [4.69, 9.17) is 14.2 Å². The summed E-state index contributed by atoms with van der Waals surface area (Å²) in [4.78, 5) is 26.7. The van der Waals surface area contributed by atoms with Crippen LogP contribution < -0.4 is 14.8 Å². The first kappa shape index (κ1) is 25.1. The Morgan fingerprint density at radius 3 is 2.46 bits per heavy atom. The van der Waals surface area contributed by atoms with Crippen molar-refractivity contribution in [1.82, 2.24) is 5.32 Å². The number of fused-ring (bicyclic) bond motifs is 2. The number of halogens is 1. The van der Waals surface area contributed by atoms with Gasteiger partial charge in [0, 0.05) is 28.3 Å². The summed E-state index contributed by atoms with van der Waals surface area (Å²) < 4.78 is 17.9. The Bertz CT molecular complexity index is 1500. The number of carbonyl (C=O) groups is 2. The highest BCUT2D eigenvalue weighted by atomic mass is 127. The number of dihydropyridines is 1. The monoisotopic (exact) mass is 607 g/mol. The maximum atomic E-state index is 13.6. The molecule has 2 aliphatic rings. The Kier molecular flexibility index (Phi) is 6.81. The van der Waals surface area contributed by atoms with Gasteiger partial charge in [0.15, 0.2) is 17.3 Å². The Hall–Kier alpha value is -3.59. The fraction of sp³-hybridized carbons (Fsp3) is 0.200. The molecule has 0 saturated heterocycles. The van der Waals surface area contributed by atoms with Gasteiger partial charge in [-0.1, -0.05) is 54.1 Å². The molecule has 6 nitrogen and oxygen atoms in total. The summed E-state index contributed by atoms with van der Waals surface area (Å²) in [5, 5.41) is 3.31. The number of rotatable bonds is 6. The van der Waals surface area contributed by atoms with E-state index in [9.17, 15) is 9.59 Å². The molecule has 1 aliphatic heterocycles. The number of Topliss-reactive ketones (excluding diaryl/α,β-unsaturated/α-hetero) is 1. The minimum Gasteiger partial charge on any atom is -0.493 e. The van der Waals surface area contributed by atoms with Gasteiger partial charge < -0.3 is 19.5 Å². The molecular weight excluding hydrogens is 581 g/mol. The van der Waals surface area contributed by atoms with Gasteiger partial charge in [0.2, 0.25) is 0 Å². The van der Waals surface area contributed by atoms with Gasteiger partial charge in [0.25, 0.3) is 0 Å². The predicted molar refractivity (Wildman–Crippen MR) is 150 cm³/mol. The minimum atomic E-state index is -0.628. The number of allylic oxidation sites excluding steroid dienone is 2. The van der Waals surface area contributed by atoms with Crippen LogP contribution >= 0.6 is 22.6 Å². The van der Waals surface area contributed by atoms with Gasteiger partial charge in [-0.05, 0) is 59.7 Å². The summed E-state index contributed by atoms with van der Waals surface area (Å²) in [6.45, 7) is 4.26. The number of benzene rings is 3. The summed E-state index contributed by atoms with van der Waals surface area (Å²) in [7, 11) is 2.93. The van der Waals surface area contributed by atoms with Gasteiger partial charge in [-0.2, -0.15) is 0 Å². The Balaban J connectivity index is 1.60. The van der Waals surface area contributed by atoms with E-state index in [1.165, 1.54) is 7.11 Å². The van der Waals surface area contributed by atoms with Gasteiger partial charge in [-0.25, -0.2) is 4.79 Å². The fourth-order valence-corrected chi connectivity index (χ4v) is 5.83. The van der Waals surface area contributed by atoms with E-state index in [1.807, 2.05) is 68.4 Å². The highest BCUT2D eigenvalue weighted by Crippen LogP contribution is 2.48. The molecule has 0 aromatic heterocycles. The van der Waals surface area contributed by atoms with Gasteiger partial charge in [0.1, 0.15) is 6.61 Å². The molecule has 1 atom stereocenters. The molecule has 0 bridgehead atoms. The maximum absolute atomic E-state index is 13.6. The third kappa shape index (κ3) is 4.41. The first-order chi connectivity index (χ1) is 17.8. The molecule has 0 spiro atoms. The second-order valence-electron chi connectivity index (χ2n) is 9.06. The molecule has 1 N–H and O–H groups in total. The molecule has 3 aromatic carbocycles. The quantitative estimate of drug-likeness (QED) is 0.277. The number of methoxy groups -OCH3 is 2. The standard InChI is InChI=1S/C30H26INO5/c1-16-8-7-9-18(12-16)15-37-29-22(31)13-19(14-23(29)35-3)25-24(30(34)36-4)17(2)32-27-20-10-5-6-11-21(20)28(33)26(25)27/h5-14,25,32H,15H2,1-4H3/t25-/m0/s1. The fourth-order valence-electron chi connectivity index (χ4n) is 5.05. The van der Waals surface area contributed by atoms with Gasteiger partial charge in [-0.3, -0.25) is 4.79 Å². The predicted octanol–water partition coefficient (Wildman–Crippen LogP) is 5.93. The molecule has 1 heterocycles. The summed E-state index contributed by atoms with van der Waals surface area (Å²) >= 11 is 2.21. The van der Waals surface area contributed by atoms with E-state index in [2.05, 4.69) is 34.0 Å². The topological polar surface area (TPSA) is 73.9 Å². The van der Waals surface area contributed by atoms with Crippen LogP contribution in [0.1, 0.15) is 45.5 Å². The van der Waals surface area contributed by atoms with E-state index >= 15 is 0 Å². The maximum Gasteiger partial charge on any atom is 0.336 e. The van der Waals surface area contributed by atoms with Crippen molar-refractivity contribution in [3.63, 3.8) is 0 Å². The lowest BCUT2D eigenvalue weighted by atomic mass is 9.79. The van der Waals surface area contributed by atoms with E-state index < -0.39 is 11.9 Å². The number of carbonyl (C=O) groups excluding carboxylic acids is 2. The molecule has 188 valence electrons. The van der Waals surface area contributed by atoms with Crippen LogP contribution in [-0.2, 0) is 16.1 Å². The zero-order valence-electron chi connectivity index (χ0n) is 21.0. The summed E-state index contributed by atoms with van der Waals surface area (Å²) in [6.07, 6.45) is 0. The second-order valence-corrected chi connectivity index (χ2v) is 10.2. The van der Waals surface area contributed by atoms with Crippen molar-refractivity contribution in [2.75, 3.05) is 14.2 Å². The van der Waals surface area contributed by atoms with E-state index in [0.29, 0.717) is 40.5 Å². The van der Waals surface area contributed by atoms with Crippen molar-refractivity contribution in [1.29, 1.82) is 0 Å². The van der Waals surface area contributed by atoms with Crippen molar-refractivity contribution in [3.8, 4) is 11.5 Å². The number of aryl methyl sites for hydroxylation is 1. The molecule has 0 saturated carbocycles. The third-order valence-corrected chi connectivity index (χ3v) is 7.51. The highest BCUT2D eigenvalue weighted by molar-refractivity contribution is 14.1. The Labute approximate surface area is 229 Å².